The van der Waals surface area contributed by atoms with Gasteiger partial charge in [-0.05, 0) is 19.2 Å². The van der Waals surface area contributed by atoms with Gasteiger partial charge in [0.25, 0.3) is 0 Å². The van der Waals surface area contributed by atoms with Crippen molar-refractivity contribution in [2.75, 3.05) is 19.6 Å². The maximum Gasteiger partial charge on any atom is 0.169 e. The fourth-order valence-electron chi connectivity index (χ4n) is 2.76. The molecule has 0 aliphatic carbocycles. The molecule has 0 unspecified atom stereocenters. The summed E-state index contributed by atoms with van der Waals surface area (Å²) in [5, 5.41) is 1.06. The lowest BCUT2D eigenvalue weighted by atomic mass is 9.98. The normalized spacial score (nSPS) is 13.1. The van der Waals surface area contributed by atoms with E-state index in [2.05, 4.69) is 24.8 Å². The van der Waals surface area contributed by atoms with E-state index in [1.165, 1.54) is 0 Å². The van der Waals surface area contributed by atoms with E-state index in [4.69, 9.17) is 0 Å². The number of hydrogen-bond acceptors (Lipinski definition) is 2. The third-order valence-electron chi connectivity index (χ3n) is 4.04. The van der Waals surface area contributed by atoms with Crippen LogP contribution in [0.4, 0.5) is 0 Å². The zero-order chi connectivity index (χ0) is 14.7. The van der Waals surface area contributed by atoms with E-state index in [0.29, 0.717) is 0 Å². The molecular weight excluding hydrogens is 248 g/mol. The Labute approximate surface area is 121 Å². The summed E-state index contributed by atoms with van der Waals surface area (Å²) in [5.41, 5.74) is 1.97. The molecule has 0 aliphatic heterocycles. The number of nitrogens with zero attached hydrogens (tertiary/aromatic N) is 2. The summed E-state index contributed by atoms with van der Waals surface area (Å²) >= 11 is 0. The van der Waals surface area contributed by atoms with Gasteiger partial charge in [-0.2, -0.15) is 0 Å². The number of rotatable bonds is 6. The van der Waals surface area contributed by atoms with Crippen LogP contribution in [-0.4, -0.2) is 34.9 Å². The molecule has 1 atom stereocenters. The average molecular weight is 272 g/mol. The van der Waals surface area contributed by atoms with Gasteiger partial charge in [0.2, 0.25) is 0 Å². The molecule has 0 spiro atoms. The molecule has 0 fully saturated rings. The molecule has 3 heteroatoms. The highest BCUT2D eigenvalue weighted by atomic mass is 16.1. The number of benzene rings is 1. The van der Waals surface area contributed by atoms with Gasteiger partial charge >= 0.3 is 0 Å². The van der Waals surface area contributed by atoms with Crippen LogP contribution in [0.1, 0.15) is 31.1 Å². The molecule has 0 saturated carbocycles. The van der Waals surface area contributed by atoms with Crippen LogP contribution in [0.3, 0.4) is 0 Å². The molecule has 1 heterocycles. The average Bonchev–Trinajstić information content (AvgIpc) is 2.81. The molecule has 2 aromatic rings. The van der Waals surface area contributed by atoms with Crippen molar-refractivity contribution in [3.8, 4) is 0 Å². The Morgan fingerprint density at radius 3 is 2.55 bits per heavy atom. The molecule has 0 amide bonds. The molecule has 2 rings (SSSR count). The predicted molar refractivity (Wildman–Crippen MR) is 84.2 cm³/mol. The van der Waals surface area contributed by atoms with Gasteiger partial charge in [-0.25, -0.2) is 0 Å². The molecule has 3 nitrogen and oxygen atoms in total. The number of Topliss-reactive ketones (excluding diaryl/α,β-unsaturated/α-hetero) is 1. The van der Waals surface area contributed by atoms with Crippen molar-refractivity contribution >= 4 is 16.7 Å². The third kappa shape index (κ3) is 2.78. The van der Waals surface area contributed by atoms with Gasteiger partial charge in [0.05, 0.1) is 0 Å². The zero-order valence-electron chi connectivity index (χ0n) is 12.9. The topological polar surface area (TPSA) is 25.2 Å². The van der Waals surface area contributed by atoms with Crippen LogP contribution in [-0.2, 0) is 7.05 Å². The molecule has 20 heavy (non-hydrogen) atoms. The van der Waals surface area contributed by atoms with Crippen molar-refractivity contribution in [2.24, 2.45) is 13.0 Å². The Bertz CT molecular complexity index is 596. The van der Waals surface area contributed by atoms with Crippen LogP contribution in [0, 0.1) is 5.92 Å². The number of aromatic nitrogens is 1. The molecule has 1 aromatic carbocycles. The van der Waals surface area contributed by atoms with Crippen molar-refractivity contribution < 1.29 is 4.79 Å². The van der Waals surface area contributed by atoms with Crippen LogP contribution in [0.5, 0.6) is 0 Å². The van der Waals surface area contributed by atoms with Crippen molar-refractivity contribution in [1.82, 2.24) is 9.47 Å². The number of fused-ring (bicyclic) bond motifs is 1. The van der Waals surface area contributed by atoms with Crippen molar-refractivity contribution in [3.63, 3.8) is 0 Å². The first-order valence-electron chi connectivity index (χ1n) is 7.39. The second-order valence-electron chi connectivity index (χ2n) is 5.42. The Kier molecular flexibility index (Phi) is 4.61. The molecule has 0 bridgehead atoms. The Balaban J connectivity index is 2.27. The molecule has 0 N–H and O–H groups in total. The highest BCUT2D eigenvalue weighted by Gasteiger charge is 2.21. The highest BCUT2D eigenvalue weighted by molar-refractivity contribution is 6.09. The maximum absolute atomic E-state index is 12.7. The predicted octanol–water partition coefficient (Wildman–Crippen LogP) is 3.34. The summed E-state index contributed by atoms with van der Waals surface area (Å²) in [5.74, 6) is 0.273. The van der Waals surface area contributed by atoms with Gasteiger partial charge in [-0.3, -0.25) is 4.79 Å². The number of hydrogen-bond donors (Lipinski definition) is 0. The Morgan fingerprint density at radius 2 is 1.90 bits per heavy atom. The lowest BCUT2D eigenvalue weighted by Gasteiger charge is -2.21. The minimum Gasteiger partial charge on any atom is -0.350 e. The van der Waals surface area contributed by atoms with Crippen molar-refractivity contribution in [3.05, 3.63) is 36.0 Å². The third-order valence-corrected chi connectivity index (χ3v) is 4.04. The van der Waals surface area contributed by atoms with Gasteiger partial charge in [0.15, 0.2) is 5.78 Å². The molecule has 1 aromatic heterocycles. The number of para-hydroxylation sites is 1. The second-order valence-corrected chi connectivity index (χ2v) is 5.42. The summed E-state index contributed by atoms with van der Waals surface area (Å²) < 4.78 is 2.03. The highest BCUT2D eigenvalue weighted by Crippen LogP contribution is 2.23. The molecular formula is C17H24N2O. The summed E-state index contributed by atoms with van der Waals surface area (Å²) in [6.45, 7) is 9.11. The monoisotopic (exact) mass is 272 g/mol. The van der Waals surface area contributed by atoms with Gasteiger partial charge in [0, 0.05) is 42.2 Å². The van der Waals surface area contributed by atoms with Crippen molar-refractivity contribution in [1.29, 1.82) is 0 Å². The van der Waals surface area contributed by atoms with Crippen molar-refractivity contribution in [2.45, 2.75) is 20.8 Å². The van der Waals surface area contributed by atoms with E-state index < -0.39 is 0 Å². The van der Waals surface area contributed by atoms with Gasteiger partial charge in [-0.1, -0.05) is 39.0 Å². The summed E-state index contributed by atoms with van der Waals surface area (Å²) in [4.78, 5) is 15.0. The largest absolute Gasteiger partial charge is 0.350 e. The molecule has 0 saturated heterocycles. The summed E-state index contributed by atoms with van der Waals surface area (Å²) in [6.07, 6.45) is 1.96. The van der Waals surface area contributed by atoms with Gasteiger partial charge in [-0.15, -0.1) is 0 Å². The van der Waals surface area contributed by atoms with Crippen LogP contribution in [0.15, 0.2) is 30.5 Å². The van der Waals surface area contributed by atoms with E-state index in [1.54, 1.807) is 0 Å². The molecule has 108 valence electrons. The maximum atomic E-state index is 12.7. The Morgan fingerprint density at radius 1 is 1.25 bits per heavy atom. The van der Waals surface area contributed by atoms with E-state index >= 15 is 0 Å². The summed E-state index contributed by atoms with van der Waals surface area (Å²) in [6, 6.07) is 8.10. The Hall–Kier alpha value is -1.61. The first kappa shape index (κ1) is 14.8. The minimum atomic E-state index is 0.0284. The minimum absolute atomic E-state index is 0.0284. The number of aryl methyl sites for hydroxylation is 1. The molecule has 0 aliphatic rings. The standard InChI is InChI=1S/C17H24N2O/c1-5-19(6-2)11-13(3)17(20)15-12-18(4)16-10-8-7-9-14(15)16/h7-10,12-13H,5-6,11H2,1-4H3/t13-/m0/s1. The van der Waals surface area contributed by atoms with E-state index in [0.717, 1.165) is 36.1 Å². The van der Waals surface area contributed by atoms with Gasteiger partial charge < -0.3 is 9.47 Å². The quantitative estimate of drug-likeness (QED) is 0.754. The first-order chi connectivity index (χ1) is 9.58. The number of carbonyl (C=O) groups excluding carboxylic acids is 1. The first-order valence-corrected chi connectivity index (χ1v) is 7.39. The molecule has 0 radical (unpaired) electrons. The number of ketones is 1. The van der Waals surface area contributed by atoms with E-state index in [9.17, 15) is 4.79 Å². The van der Waals surface area contributed by atoms with E-state index in [1.807, 2.05) is 42.9 Å². The second kappa shape index (κ2) is 6.23. The SMILES string of the molecule is CCN(CC)C[C@H](C)C(=O)c1cn(C)c2ccccc12. The zero-order valence-corrected chi connectivity index (χ0v) is 12.9. The lowest BCUT2D eigenvalue weighted by molar-refractivity contribution is 0.0900. The fourth-order valence-corrected chi connectivity index (χ4v) is 2.76. The van der Waals surface area contributed by atoms with E-state index in [-0.39, 0.29) is 11.7 Å². The van der Waals surface area contributed by atoms with Crippen LogP contribution in [0.2, 0.25) is 0 Å². The lowest BCUT2D eigenvalue weighted by Crippen LogP contribution is -2.31. The van der Waals surface area contributed by atoms with Crippen LogP contribution < -0.4 is 0 Å². The van der Waals surface area contributed by atoms with Gasteiger partial charge in [0.1, 0.15) is 0 Å². The summed E-state index contributed by atoms with van der Waals surface area (Å²) in [7, 11) is 1.99. The smallest absolute Gasteiger partial charge is 0.169 e. The van der Waals surface area contributed by atoms with Crippen LogP contribution >= 0.6 is 0 Å². The fraction of sp³-hybridized carbons (Fsp3) is 0.471. The van der Waals surface area contributed by atoms with Crippen LogP contribution in [0.25, 0.3) is 10.9 Å². The number of carbonyl (C=O) groups is 1.